The van der Waals surface area contributed by atoms with Gasteiger partial charge in [0.05, 0.1) is 6.04 Å². The van der Waals surface area contributed by atoms with Gasteiger partial charge in [-0.15, -0.1) is 0 Å². The Morgan fingerprint density at radius 3 is 2.45 bits per heavy atom. The lowest BCUT2D eigenvalue weighted by atomic mass is 10.0. The third kappa shape index (κ3) is 3.01. The van der Waals surface area contributed by atoms with Gasteiger partial charge in [-0.3, -0.25) is 4.79 Å². The number of carbonyl (C=O) groups excluding carboxylic acids is 1. The third-order valence-electron chi connectivity index (χ3n) is 3.90. The van der Waals surface area contributed by atoms with Crippen LogP contribution in [0.1, 0.15) is 34.5 Å². The molecule has 0 saturated heterocycles. The maximum absolute atomic E-state index is 12.3. The number of carbonyl (C=O) groups is 1. The van der Waals surface area contributed by atoms with Crippen molar-refractivity contribution in [3.63, 3.8) is 0 Å². The van der Waals surface area contributed by atoms with Crippen LogP contribution < -0.4 is 5.32 Å². The highest BCUT2D eigenvalue weighted by Gasteiger charge is 2.11. The van der Waals surface area contributed by atoms with Gasteiger partial charge in [0, 0.05) is 5.56 Å². The molecule has 3 aromatic carbocycles. The van der Waals surface area contributed by atoms with Gasteiger partial charge in [0.1, 0.15) is 0 Å². The molecule has 1 amide bonds. The molecular weight excluding hydrogens is 270 g/mol. The Kier molecular flexibility index (Phi) is 3.92. The molecule has 0 aromatic heterocycles. The van der Waals surface area contributed by atoms with Crippen molar-refractivity contribution in [1.29, 1.82) is 0 Å². The Morgan fingerprint density at radius 2 is 1.68 bits per heavy atom. The largest absolute Gasteiger partial charge is 0.346 e. The number of hydrogen-bond donors (Lipinski definition) is 1. The van der Waals surface area contributed by atoms with Gasteiger partial charge >= 0.3 is 0 Å². The summed E-state index contributed by atoms with van der Waals surface area (Å²) in [4.78, 5) is 12.3. The van der Waals surface area contributed by atoms with Crippen molar-refractivity contribution in [3.05, 3.63) is 83.4 Å². The van der Waals surface area contributed by atoms with Gasteiger partial charge < -0.3 is 5.32 Å². The van der Waals surface area contributed by atoms with Crippen molar-refractivity contribution in [2.75, 3.05) is 0 Å². The molecule has 0 aliphatic carbocycles. The molecule has 2 heteroatoms. The van der Waals surface area contributed by atoms with E-state index in [-0.39, 0.29) is 11.9 Å². The molecule has 1 N–H and O–H groups in total. The van der Waals surface area contributed by atoms with Crippen LogP contribution in [0.3, 0.4) is 0 Å². The van der Waals surface area contributed by atoms with E-state index in [2.05, 4.69) is 35.6 Å². The summed E-state index contributed by atoms with van der Waals surface area (Å²) in [7, 11) is 0. The first kappa shape index (κ1) is 14.3. The fraction of sp³-hybridized carbons (Fsp3) is 0.150. The van der Waals surface area contributed by atoms with Gasteiger partial charge in [-0.25, -0.2) is 0 Å². The van der Waals surface area contributed by atoms with Crippen LogP contribution in [0, 0.1) is 6.92 Å². The molecule has 0 aliphatic rings. The van der Waals surface area contributed by atoms with Crippen molar-refractivity contribution < 1.29 is 4.79 Å². The molecule has 0 heterocycles. The Labute approximate surface area is 130 Å². The summed E-state index contributed by atoms with van der Waals surface area (Å²) < 4.78 is 0. The standard InChI is InChI=1S/C20H19NO/c1-14-6-5-9-19(12-14)20(22)21-15(2)17-11-10-16-7-3-4-8-18(16)13-17/h3-13,15H,1-2H3,(H,21,22)/t15-/m0/s1. The molecule has 0 radical (unpaired) electrons. The monoisotopic (exact) mass is 289 g/mol. The van der Waals surface area contributed by atoms with E-state index in [1.165, 1.54) is 10.8 Å². The SMILES string of the molecule is Cc1cccc(C(=O)N[C@@H](C)c2ccc3ccccc3c2)c1. The van der Waals surface area contributed by atoms with Crippen molar-refractivity contribution >= 4 is 16.7 Å². The van der Waals surface area contributed by atoms with Gasteiger partial charge in [-0.1, -0.05) is 54.1 Å². The van der Waals surface area contributed by atoms with E-state index in [1.54, 1.807) is 0 Å². The van der Waals surface area contributed by atoms with Gasteiger partial charge in [-0.05, 0) is 48.4 Å². The molecule has 3 aromatic rings. The molecule has 2 nitrogen and oxygen atoms in total. The number of nitrogens with one attached hydrogen (secondary N) is 1. The summed E-state index contributed by atoms with van der Waals surface area (Å²) in [5.41, 5.74) is 2.90. The predicted molar refractivity (Wildman–Crippen MR) is 91.0 cm³/mol. The second kappa shape index (κ2) is 6.02. The van der Waals surface area contributed by atoms with Crippen LogP contribution in [-0.4, -0.2) is 5.91 Å². The Morgan fingerprint density at radius 1 is 0.909 bits per heavy atom. The summed E-state index contributed by atoms with van der Waals surface area (Å²) in [5.74, 6) is -0.0376. The van der Waals surface area contributed by atoms with Crippen molar-refractivity contribution in [2.45, 2.75) is 19.9 Å². The zero-order chi connectivity index (χ0) is 15.5. The minimum absolute atomic E-state index is 0.0300. The van der Waals surface area contributed by atoms with E-state index >= 15 is 0 Å². The van der Waals surface area contributed by atoms with Crippen molar-refractivity contribution in [2.24, 2.45) is 0 Å². The lowest BCUT2D eigenvalue weighted by molar-refractivity contribution is 0.0940. The van der Waals surface area contributed by atoms with Gasteiger partial charge in [-0.2, -0.15) is 0 Å². The van der Waals surface area contributed by atoms with E-state index in [9.17, 15) is 4.79 Å². The fourth-order valence-corrected chi connectivity index (χ4v) is 2.63. The molecule has 0 unspecified atom stereocenters. The summed E-state index contributed by atoms with van der Waals surface area (Å²) >= 11 is 0. The molecule has 3 rings (SSSR count). The van der Waals surface area contributed by atoms with E-state index in [1.807, 2.05) is 50.2 Å². The highest BCUT2D eigenvalue weighted by atomic mass is 16.1. The summed E-state index contributed by atoms with van der Waals surface area (Å²) in [6, 6.07) is 22.2. The lowest BCUT2D eigenvalue weighted by Crippen LogP contribution is -2.26. The second-order valence-corrected chi connectivity index (χ2v) is 5.67. The number of rotatable bonds is 3. The van der Waals surface area contributed by atoms with Crippen LogP contribution >= 0.6 is 0 Å². The lowest BCUT2D eigenvalue weighted by Gasteiger charge is -2.15. The molecule has 0 spiro atoms. The number of benzene rings is 3. The molecule has 1 atom stereocenters. The zero-order valence-corrected chi connectivity index (χ0v) is 12.8. The average Bonchev–Trinajstić information content (AvgIpc) is 2.54. The highest BCUT2D eigenvalue weighted by molar-refractivity contribution is 5.94. The second-order valence-electron chi connectivity index (χ2n) is 5.67. The minimum atomic E-state index is -0.0376. The number of amides is 1. The third-order valence-corrected chi connectivity index (χ3v) is 3.90. The smallest absolute Gasteiger partial charge is 0.251 e. The Balaban J connectivity index is 1.80. The first-order valence-electron chi connectivity index (χ1n) is 7.50. The van der Waals surface area contributed by atoms with Crippen LogP contribution in [0.25, 0.3) is 10.8 Å². The molecule has 22 heavy (non-hydrogen) atoms. The van der Waals surface area contributed by atoms with E-state index < -0.39 is 0 Å². The van der Waals surface area contributed by atoms with Gasteiger partial charge in [0.25, 0.3) is 5.91 Å². The van der Waals surface area contributed by atoms with Crippen LogP contribution in [0.2, 0.25) is 0 Å². The summed E-state index contributed by atoms with van der Waals surface area (Å²) in [6.45, 7) is 4.00. The Bertz CT molecular complexity index is 823. The summed E-state index contributed by atoms with van der Waals surface area (Å²) in [6.07, 6.45) is 0. The normalized spacial score (nSPS) is 12.1. The topological polar surface area (TPSA) is 29.1 Å². The fourth-order valence-electron chi connectivity index (χ4n) is 2.63. The predicted octanol–water partition coefficient (Wildman–Crippen LogP) is 4.64. The first-order chi connectivity index (χ1) is 10.6. The summed E-state index contributed by atoms with van der Waals surface area (Å²) in [5, 5.41) is 5.47. The quantitative estimate of drug-likeness (QED) is 0.747. The molecule has 110 valence electrons. The maximum Gasteiger partial charge on any atom is 0.251 e. The van der Waals surface area contributed by atoms with Crippen LogP contribution in [0.4, 0.5) is 0 Å². The van der Waals surface area contributed by atoms with E-state index in [0.29, 0.717) is 5.56 Å². The number of aryl methyl sites for hydroxylation is 1. The van der Waals surface area contributed by atoms with Crippen LogP contribution in [0.5, 0.6) is 0 Å². The van der Waals surface area contributed by atoms with Crippen molar-refractivity contribution in [3.8, 4) is 0 Å². The molecule has 0 fully saturated rings. The average molecular weight is 289 g/mol. The molecule has 0 bridgehead atoms. The molecule has 0 saturated carbocycles. The molecule has 0 aliphatic heterocycles. The number of hydrogen-bond acceptors (Lipinski definition) is 1. The zero-order valence-electron chi connectivity index (χ0n) is 12.8. The first-order valence-corrected chi connectivity index (χ1v) is 7.50. The van der Waals surface area contributed by atoms with Crippen LogP contribution in [0.15, 0.2) is 66.7 Å². The number of fused-ring (bicyclic) bond motifs is 1. The molecular formula is C20H19NO. The minimum Gasteiger partial charge on any atom is -0.346 e. The van der Waals surface area contributed by atoms with E-state index in [0.717, 1.165) is 11.1 Å². The highest BCUT2D eigenvalue weighted by Crippen LogP contribution is 2.20. The van der Waals surface area contributed by atoms with Gasteiger partial charge in [0.15, 0.2) is 0 Å². The van der Waals surface area contributed by atoms with Crippen molar-refractivity contribution in [1.82, 2.24) is 5.32 Å². The van der Waals surface area contributed by atoms with Crippen LogP contribution in [-0.2, 0) is 0 Å². The maximum atomic E-state index is 12.3. The van der Waals surface area contributed by atoms with E-state index in [4.69, 9.17) is 0 Å². The Hall–Kier alpha value is -2.61. The van der Waals surface area contributed by atoms with Gasteiger partial charge in [0.2, 0.25) is 0 Å².